The maximum Gasteiger partial charge on any atom is 0.522 e. The van der Waals surface area contributed by atoms with Crippen molar-refractivity contribution in [3.63, 3.8) is 0 Å². The van der Waals surface area contributed by atoms with Crippen molar-refractivity contribution in [1.29, 1.82) is 5.26 Å². The van der Waals surface area contributed by atoms with Gasteiger partial charge in [-0.1, -0.05) is 24.3 Å². The van der Waals surface area contributed by atoms with E-state index in [-0.39, 0.29) is 18.2 Å². The van der Waals surface area contributed by atoms with Crippen molar-refractivity contribution in [2.24, 2.45) is 0 Å². The summed E-state index contributed by atoms with van der Waals surface area (Å²) in [6, 6.07) is 9.07. The van der Waals surface area contributed by atoms with Crippen LogP contribution in [0.4, 0.5) is 13.2 Å². The average molecular weight is 393 g/mol. The predicted molar refractivity (Wildman–Crippen MR) is 90.5 cm³/mol. The molecule has 1 aromatic carbocycles. The molecule has 3 aromatic rings. The Balaban J connectivity index is 1.76. The normalized spacial score (nSPS) is 11.5. The fourth-order valence-corrected chi connectivity index (χ4v) is 2.47. The second kappa shape index (κ2) is 8.10. The van der Waals surface area contributed by atoms with Gasteiger partial charge in [-0.3, -0.25) is 9.30 Å². The number of rotatable bonds is 7. The van der Waals surface area contributed by atoms with E-state index in [9.17, 15) is 18.0 Å². The molecule has 11 heteroatoms. The summed E-state index contributed by atoms with van der Waals surface area (Å²) in [6.45, 7) is -0.904. The summed E-state index contributed by atoms with van der Waals surface area (Å²) in [5.41, 5.74) is 1.88. The Labute approximate surface area is 156 Å². The van der Waals surface area contributed by atoms with Gasteiger partial charge in [0, 0.05) is 0 Å². The van der Waals surface area contributed by atoms with Gasteiger partial charge in [-0.2, -0.15) is 10.2 Å². The molecule has 2 heterocycles. The van der Waals surface area contributed by atoms with Gasteiger partial charge in [0.25, 0.3) is 0 Å². The first-order valence-corrected chi connectivity index (χ1v) is 8.09. The molecule has 0 saturated carbocycles. The van der Waals surface area contributed by atoms with E-state index in [1.54, 1.807) is 24.3 Å². The number of nitrogens with one attached hydrogen (secondary N) is 1. The summed E-state index contributed by atoms with van der Waals surface area (Å²) in [7, 11) is 0. The molecule has 0 spiro atoms. The Bertz CT molecular complexity index is 1050. The number of aromatic nitrogens is 4. The summed E-state index contributed by atoms with van der Waals surface area (Å²) in [5, 5.41) is 8.71. The zero-order chi connectivity index (χ0) is 20.1. The van der Waals surface area contributed by atoms with E-state index in [1.165, 1.54) is 10.8 Å². The number of halogens is 3. The minimum Gasteiger partial charge on any atom is -0.461 e. The van der Waals surface area contributed by atoms with Crippen LogP contribution < -0.4 is 10.4 Å². The van der Waals surface area contributed by atoms with Crippen molar-refractivity contribution in [1.82, 2.24) is 19.5 Å². The molecule has 2 aromatic heterocycles. The molecule has 0 aliphatic heterocycles. The van der Waals surface area contributed by atoms with Gasteiger partial charge >= 0.3 is 18.1 Å². The summed E-state index contributed by atoms with van der Waals surface area (Å²) >= 11 is 0. The lowest BCUT2D eigenvalue weighted by Gasteiger charge is -2.08. The number of benzene rings is 1. The molecule has 0 aliphatic rings. The number of imidazole rings is 1. The SMILES string of the molecule is N#CCc1ccc(Cn2c(=O)[nH]c3cnc(OCCOC(F)(F)F)nc32)cc1. The van der Waals surface area contributed by atoms with E-state index in [1.807, 2.05) is 0 Å². The average Bonchev–Trinajstić information content (AvgIpc) is 2.95. The van der Waals surface area contributed by atoms with Crippen molar-refractivity contribution < 1.29 is 22.6 Å². The highest BCUT2D eigenvalue weighted by atomic mass is 19.4. The molecule has 0 aliphatic carbocycles. The van der Waals surface area contributed by atoms with Crippen LogP contribution in [0.3, 0.4) is 0 Å². The van der Waals surface area contributed by atoms with Crippen molar-refractivity contribution in [3.05, 3.63) is 52.1 Å². The third-order valence-electron chi connectivity index (χ3n) is 3.72. The van der Waals surface area contributed by atoms with Gasteiger partial charge in [-0.25, -0.2) is 9.78 Å². The molecule has 0 fully saturated rings. The van der Waals surface area contributed by atoms with Crippen molar-refractivity contribution in [3.8, 4) is 12.1 Å². The van der Waals surface area contributed by atoms with Crippen LogP contribution in [0.1, 0.15) is 11.1 Å². The number of hydrogen-bond donors (Lipinski definition) is 1. The molecule has 3 rings (SSSR count). The van der Waals surface area contributed by atoms with E-state index >= 15 is 0 Å². The number of fused-ring (bicyclic) bond motifs is 1. The molecule has 8 nitrogen and oxygen atoms in total. The molecular weight excluding hydrogens is 379 g/mol. The van der Waals surface area contributed by atoms with Crippen molar-refractivity contribution in [2.45, 2.75) is 19.3 Å². The largest absolute Gasteiger partial charge is 0.522 e. The number of H-pyrrole nitrogens is 1. The van der Waals surface area contributed by atoms with Crippen LogP contribution in [0.25, 0.3) is 11.2 Å². The fraction of sp³-hybridized carbons (Fsp3) is 0.294. The second-order valence-electron chi connectivity index (χ2n) is 5.70. The lowest BCUT2D eigenvalue weighted by Crippen LogP contribution is -2.19. The van der Waals surface area contributed by atoms with Gasteiger partial charge < -0.3 is 9.72 Å². The van der Waals surface area contributed by atoms with E-state index in [0.29, 0.717) is 11.9 Å². The number of aromatic amines is 1. The third-order valence-corrected chi connectivity index (χ3v) is 3.72. The van der Waals surface area contributed by atoms with Crippen LogP contribution in [-0.4, -0.2) is 39.1 Å². The molecule has 0 radical (unpaired) electrons. The van der Waals surface area contributed by atoms with Crippen LogP contribution in [0.15, 0.2) is 35.3 Å². The van der Waals surface area contributed by atoms with Gasteiger partial charge in [-0.15, -0.1) is 13.2 Å². The number of nitrogens with zero attached hydrogens (tertiary/aromatic N) is 4. The number of nitriles is 1. The maximum atomic E-state index is 12.2. The van der Waals surface area contributed by atoms with Gasteiger partial charge in [0.15, 0.2) is 5.65 Å². The zero-order valence-electron chi connectivity index (χ0n) is 14.4. The summed E-state index contributed by atoms with van der Waals surface area (Å²) in [4.78, 5) is 22.8. The highest BCUT2D eigenvalue weighted by Gasteiger charge is 2.28. The lowest BCUT2D eigenvalue weighted by atomic mass is 10.1. The molecule has 0 atom stereocenters. The van der Waals surface area contributed by atoms with Crippen LogP contribution in [0.2, 0.25) is 0 Å². The topological polar surface area (TPSA) is 106 Å². The Kier molecular flexibility index (Phi) is 5.60. The smallest absolute Gasteiger partial charge is 0.461 e. The molecule has 0 bridgehead atoms. The van der Waals surface area contributed by atoms with Gasteiger partial charge in [0.05, 0.1) is 31.8 Å². The van der Waals surface area contributed by atoms with Gasteiger partial charge in [-0.05, 0) is 11.1 Å². The first kappa shape index (κ1) is 19.4. The standard InChI is InChI=1S/C17H14F3N5O3/c18-17(19,20)28-8-7-27-15-22-9-13-14(24-15)25(16(26)23-13)10-12-3-1-11(2-4-12)5-6-21/h1-4,9H,5,7-8,10H2,(H,23,26). The molecule has 0 unspecified atom stereocenters. The molecular formula is C17H14F3N5O3. The monoisotopic (exact) mass is 393 g/mol. The first-order chi connectivity index (χ1) is 13.4. The number of hydrogen-bond acceptors (Lipinski definition) is 6. The highest BCUT2D eigenvalue weighted by molar-refractivity contribution is 5.69. The van der Waals surface area contributed by atoms with E-state index in [2.05, 4.69) is 25.8 Å². The summed E-state index contributed by atoms with van der Waals surface area (Å²) in [5.74, 6) is 0. The molecule has 0 saturated heterocycles. The van der Waals surface area contributed by atoms with Crippen LogP contribution in [0.5, 0.6) is 6.01 Å². The minimum atomic E-state index is -4.74. The van der Waals surface area contributed by atoms with E-state index < -0.39 is 25.3 Å². The van der Waals surface area contributed by atoms with Crippen LogP contribution in [0, 0.1) is 11.3 Å². The van der Waals surface area contributed by atoms with Gasteiger partial charge in [0.1, 0.15) is 12.1 Å². The maximum absolute atomic E-state index is 12.2. The van der Waals surface area contributed by atoms with Crippen LogP contribution >= 0.6 is 0 Å². The minimum absolute atomic E-state index is 0.171. The van der Waals surface area contributed by atoms with Crippen molar-refractivity contribution >= 4 is 11.2 Å². The second-order valence-corrected chi connectivity index (χ2v) is 5.70. The Morgan fingerprint density at radius 2 is 1.89 bits per heavy atom. The third kappa shape index (κ3) is 4.86. The summed E-state index contributed by atoms with van der Waals surface area (Å²) < 4.78 is 45.9. The lowest BCUT2D eigenvalue weighted by molar-refractivity contribution is -0.325. The zero-order valence-corrected chi connectivity index (χ0v) is 14.4. The van der Waals surface area contributed by atoms with Gasteiger partial charge in [0.2, 0.25) is 0 Å². The molecule has 0 amide bonds. The van der Waals surface area contributed by atoms with E-state index in [0.717, 1.165) is 11.1 Å². The Hall–Kier alpha value is -3.39. The number of ether oxygens (including phenoxy) is 2. The quantitative estimate of drug-likeness (QED) is 0.617. The summed E-state index contributed by atoms with van der Waals surface area (Å²) in [6.07, 6.45) is -3.13. The molecule has 28 heavy (non-hydrogen) atoms. The first-order valence-electron chi connectivity index (χ1n) is 8.09. The highest BCUT2D eigenvalue weighted by Crippen LogP contribution is 2.16. The fourth-order valence-electron chi connectivity index (χ4n) is 2.47. The number of alkyl halides is 3. The molecule has 1 N–H and O–H groups in total. The van der Waals surface area contributed by atoms with Crippen molar-refractivity contribution in [2.75, 3.05) is 13.2 Å². The van der Waals surface area contributed by atoms with E-state index in [4.69, 9.17) is 10.00 Å². The Morgan fingerprint density at radius 1 is 1.18 bits per heavy atom. The Morgan fingerprint density at radius 3 is 2.57 bits per heavy atom. The predicted octanol–water partition coefficient (Wildman–Crippen LogP) is 2.15. The molecule has 146 valence electrons. The van der Waals surface area contributed by atoms with Crippen LogP contribution in [-0.2, 0) is 17.7 Å².